The number of carboxylic acid groups (broad SMARTS) is 1. The standard InChI is InChI=1S/C13H16N2O5/c1-9(12(17)18)15-11(16)7-14-13(19)20-8-10-5-3-2-4-6-10/h2-6,9H,7-8H2,1H3,(H,14,19)(H,15,16)(H,17,18)/p-1/t9-/m1/s1. The first-order valence-electron chi connectivity index (χ1n) is 5.94. The Kier molecular flexibility index (Phi) is 6.02. The van der Waals surface area contributed by atoms with Gasteiger partial charge in [-0.2, -0.15) is 0 Å². The molecule has 0 radical (unpaired) electrons. The van der Waals surface area contributed by atoms with Gasteiger partial charge in [-0.05, 0) is 12.5 Å². The number of nitrogens with one attached hydrogen (secondary N) is 2. The lowest BCUT2D eigenvalue weighted by atomic mass is 10.2. The van der Waals surface area contributed by atoms with E-state index in [-0.39, 0.29) is 13.2 Å². The first-order valence-corrected chi connectivity index (χ1v) is 5.94. The third-order valence-electron chi connectivity index (χ3n) is 2.34. The van der Waals surface area contributed by atoms with E-state index in [4.69, 9.17) is 4.74 Å². The number of alkyl carbamates (subject to hydrolysis) is 1. The van der Waals surface area contributed by atoms with E-state index in [9.17, 15) is 19.5 Å². The molecule has 1 aromatic rings. The maximum absolute atomic E-state index is 11.3. The van der Waals surface area contributed by atoms with Gasteiger partial charge in [0.2, 0.25) is 5.91 Å². The minimum absolute atomic E-state index is 0.0870. The predicted molar refractivity (Wildman–Crippen MR) is 67.2 cm³/mol. The zero-order chi connectivity index (χ0) is 15.0. The van der Waals surface area contributed by atoms with E-state index in [0.717, 1.165) is 5.56 Å². The van der Waals surface area contributed by atoms with E-state index in [1.807, 2.05) is 18.2 Å². The van der Waals surface area contributed by atoms with Crippen molar-refractivity contribution in [2.24, 2.45) is 0 Å². The highest BCUT2D eigenvalue weighted by molar-refractivity contribution is 5.85. The van der Waals surface area contributed by atoms with Crippen LogP contribution >= 0.6 is 0 Å². The van der Waals surface area contributed by atoms with E-state index < -0.39 is 24.0 Å². The van der Waals surface area contributed by atoms with Crippen LogP contribution in [-0.2, 0) is 20.9 Å². The Morgan fingerprint density at radius 2 is 1.90 bits per heavy atom. The van der Waals surface area contributed by atoms with Crippen LogP contribution in [0.4, 0.5) is 4.79 Å². The molecule has 0 bridgehead atoms. The van der Waals surface area contributed by atoms with Crippen molar-refractivity contribution in [1.82, 2.24) is 10.6 Å². The van der Waals surface area contributed by atoms with Gasteiger partial charge in [-0.3, -0.25) is 4.79 Å². The first-order chi connectivity index (χ1) is 9.49. The van der Waals surface area contributed by atoms with Crippen LogP contribution in [0.3, 0.4) is 0 Å². The third-order valence-corrected chi connectivity index (χ3v) is 2.34. The Morgan fingerprint density at radius 1 is 1.25 bits per heavy atom. The molecule has 7 heteroatoms. The van der Waals surface area contributed by atoms with Crippen LogP contribution in [0, 0.1) is 0 Å². The number of hydrogen-bond donors (Lipinski definition) is 2. The number of hydrogen-bond acceptors (Lipinski definition) is 5. The van der Waals surface area contributed by atoms with Gasteiger partial charge in [-0.25, -0.2) is 4.79 Å². The topological polar surface area (TPSA) is 108 Å². The average Bonchev–Trinajstić information content (AvgIpc) is 2.43. The molecule has 0 unspecified atom stereocenters. The number of aliphatic carboxylic acids is 1. The summed E-state index contributed by atoms with van der Waals surface area (Å²) in [5.41, 5.74) is 0.817. The van der Waals surface area contributed by atoms with Crippen LogP contribution in [0.1, 0.15) is 12.5 Å². The van der Waals surface area contributed by atoms with E-state index in [2.05, 4.69) is 10.6 Å². The average molecular weight is 279 g/mol. The van der Waals surface area contributed by atoms with Gasteiger partial charge in [0, 0.05) is 0 Å². The van der Waals surface area contributed by atoms with Crippen molar-refractivity contribution in [1.29, 1.82) is 0 Å². The largest absolute Gasteiger partial charge is 0.548 e. The molecule has 0 fully saturated rings. The van der Waals surface area contributed by atoms with Crippen LogP contribution in [0.15, 0.2) is 30.3 Å². The number of rotatable bonds is 6. The molecule has 7 nitrogen and oxygen atoms in total. The molecule has 1 aromatic carbocycles. The summed E-state index contributed by atoms with van der Waals surface area (Å²) in [5, 5.41) is 14.7. The van der Waals surface area contributed by atoms with E-state index in [1.54, 1.807) is 12.1 Å². The van der Waals surface area contributed by atoms with Gasteiger partial charge in [0.15, 0.2) is 0 Å². The summed E-state index contributed by atoms with van der Waals surface area (Å²) in [4.78, 5) is 33.0. The Hall–Kier alpha value is -2.57. The lowest BCUT2D eigenvalue weighted by Gasteiger charge is -2.14. The second-order valence-corrected chi connectivity index (χ2v) is 4.02. The zero-order valence-corrected chi connectivity index (χ0v) is 10.9. The lowest BCUT2D eigenvalue weighted by Crippen LogP contribution is -2.48. The molecule has 0 aliphatic carbocycles. The van der Waals surface area contributed by atoms with Crippen molar-refractivity contribution in [3.05, 3.63) is 35.9 Å². The van der Waals surface area contributed by atoms with E-state index in [1.165, 1.54) is 6.92 Å². The highest BCUT2D eigenvalue weighted by Crippen LogP contribution is 2.00. The van der Waals surface area contributed by atoms with E-state index in [0.29, 0.717) is 0 Å². The SMILES string of the molecule is C[C@@H](NC(=O)CNC(=O)OCc1ccccc1)C(=O)[O-]. The number of benzene rings is 1. The monoisotopic (exact) mass is 279 g/mol. The van der Waals surface area contributed by atoms with Crippen molar-refractivity contribution in [3.63, 3.8) is 0 Å². The second-order valence-electron chi connectivity index (χ2n) is 4.02. The summed E-state index contributed by atoms with van der Waals surface area (Å²) in [6, 6.07) is 7.93. The first kappa shape index (κ1) is 15.5. The lowest BCUT2D eigenvalue weighted by molar-refractivity contribution is -0.307. The molecule has 0 heterocycles. The molecule has 20 heavy (non-hydrogen) atoms. The number of carbonyl (C=O) groups excluding carboxylic acids is 3. The molecule has 1 rings (SSSR count). The number of amides is 2. The van der Waals surface area contributed by atoms with Gasteiger partial charge in [0.25, 0.3) is 0 Å². The Morgan fingerprint density at radius 3 is 2.50 bits per heavy atom. The van der Waals surface area contributed by atoms with Crippen LogP contribution in [0.2, 0.25) is 0 Å². The Bertz CT molecular complexity index is 475. The highest BCUT2D eigenvalue weighted by atomic mass is 16.5. The normalized spacial score (nSPS) is 11.2. The number of carbonyl (C=O) groups is 3. The number of ether oxygens (including phenoxy) is 1. The van der Waals surface area contributed by atoms with Gasteiger partial charge >= 0.3 is 6.09 Å². The molecule has 1 atom stereocenters. The second kappa shape index (κ2) is 7.78. The van der Waals surface area contributed by atoms with Gasteiger partial charge in [0.1, 0.15) is 13.2 Å². The summed E-state index contributed by atoms with van der Waals surface area (Å²) in [7, 11) is 0. The van der Waals surface area contributed by atoms with Crippen LogP contribution in [-0.4, -0.2) is 30.6 Å². The third kappa shape index (κ3) is 5.85. The molecule has 0 saturated heterocycles. The molecule has 0 spiro atoms. The molecule has 0 aliphatic rings. The summed E-state index contributed by atoms with van der Waals surface area (Å²) in [5.74, 6) is -2.04. The maximum atomic E-state index is 11.3. The quantitative estimate of drug-likeness (QED) is 0.706. The molecular weight excluding hydrogens is 264 g/mol. The highest BCUT2D eigenvalue weighted by Gasteiger charge is 2.10. The van der Waals surface area contributed by atoms with Crippen molar-refractivity contribution in [2.45, 2.75) is 19.6 Å². The fraction of sp³-hybridized carbons (Fsp3) is 0.308. The predicted octanol–water partition coefficient (Wildman–Crippen LogP) is -0.833. The zero-order valence-electron chi connectivity index (χ0n) is 10.9. The van der Waals surface area contributed by atoms with Crippen LogP contribution in [0.25, 0.3) is 0 Å². The minimum atomic E-state index is -1.40. The van der Waals surface area contributed by atoms with E-state index >= 15 is 0 Å². The molecular formula is C13H15N2O5-. The molecule has 2 amide bonds. The summed E-state index contributed by atoms with van der Waals surface area (Å²) in [6.45, 7) is 0.982. The van der Waals surface area contributed by atoms with Gasteiger partial charge in [-0.1, -0.05) is 30.3 Å². The molecule has 0 saturated carbocycles. The van der Waals surface area contributed by atoms with Crippen molar-refractivity contribution in [3.8, 4) is 0 Å². The molecule has 108 valence electrons. The van der Waals surface area contributed by atoms with Crippen molar-refractivity contribution in [2.75, 3.05) is 6.54 Å². The molecule has 0 aliphatic heterocycles. The van der Waals surface area contributed by atoms with Crippen molar-refractivity contribution < 1.29 is 24.2 Å². The Labute approximate surface area is 115 Å². The molecule has 0 aromatic heterocycles. The summed E-state index contributed by atoms with van der Waals surface area (Å²) in [6.07, 6.45) is -0.759. The van der Waals surface area contributed by atoms with Crippen molar-refractivity contribution >= 4 is 18.0 Å². The maximum Gasteiger partial charge on any atom is 0.407 e. The number of carboxylic acids is 1. The van der Waals surface area contributed by atoms with Gasteiger partial charge in [0.05, 0.1) is 12.0 Å². The van der Waals surface area contributed by atoms with Crippen LogP contribution in [0.5, 0.6) is 0 Å². The summed E-state index contributed by atoms with van der Waals surface area (Å²) >= 11 is 0. The fourth-order valence-electron chi connectivity index (χ4n) is 1.28. The Balaban J connectivity index is 2.23. The molecule has 2 N–H and O–H groups in total. The smallest absolute Gasteiger partial charge is 0.407 e. The van der Waals surface area contributed by atoms with Crippen LogP contribution < -0.4 is 15.7 Å². The summed E-state index contributed by atoms with van der Waals surface area (Å²) < 4.78 is 4.87. The van der Waals surface area contributed by atoms with Gasteiger partial charge < -0.3 is 25.3 Å². The van der Waals surface area contributed by atoms with Gasteiger partial charge in [-0.15, -0.1) is 0 Å². The minimum Gasteiger partial charge on any atom is -0.548 e. The fourth-order valence-corrected chi connectivity index (χ4v) is 1.28.